The first-order valence-electron chi connectivity index (χ1n) is 7.82. The first-order valence-corrected chi connectivity index (χ1v) is 7.82. The van der Waals surface area contributed by atoms with Gasteiger partial charge in [-0.25, -0.2) is 15.0 Å². The van der Waals surface area contributed by atoms with Crippen LogP contribution in [0, 0.1) is 0 Å². The van der Waals surface area contributed by atoms with E-state index >= 15 is 0 Å². The van der Waals surface area contributed by atoms with E-state index in [-0.39, 0.29) is 0 Å². The van der Waals surface area contributed by atoms with Crippen LogP contribution in [0.2, 0.25) is 0 Å². The molecule has 3 heterocycles. The molecule has 0 amide bonds. The number of benzene rings is 1. The third-order valence-electron chi connectivity index (χ3n) is 3.99. The van der Waals surface area contributed by atoms with Gasteiger partial charge in [0, 0.05) is 42.5 Å². The van der Waals surface area contributed by atoms with E-state index in [1.807, 2.05) is 24.7 Å². The van der Waals surface area contributed by atoms with Crippen LogP contribution in [0.15, 0.2) is 67.5 Å². The van der Waals surface area contributed by atoms with Gasteiger partial charge in [0.15, 0.2) is 13.5 Å². The quantitative estimate of drug-likeness (QED) is 0.582. The van der Waals surface area contributed by atoms with Gasteiger partial charge in [0.2, 0.25) is 0 Å². The van der Waals surface area contributed by atoms with Crippen molar-refractivity contribution in [1.82, 2.24) is 19.4 Å². The first-order chi connectivity index (χ1) is 11.8. The molecule has 1 N–H and O–H groups in total. The highest BCUT2D eigenvalue weighted by Crippen LogP contribution is 2.25. The summed E-state index contributed by atoms with van der Waals surface area (Å²) in [5.41, 5.74) is 6.38. The third-order valence-corrected chi connectivity index (χ3v) is 3.99. The van der Waals surface area contributed by atoms with Crippen LogP contribution in [0.5, 0.6) is 0 Å². The van der Waals surface area contributed by atoms with E-state index in [2.05, 4.69) is 69.0 Å². The van der Waals surface area contributed by atoms with Gasteiger partial charge in [0.05, 0.1) is 5.69 Å². The van der Waals surface area contributed by atoms with Crippen molar-refractivity contribution in [2.24, 2.45) is 0 Å². The summed E-state index contributed by atoms with van der Waals surface area (Å²) in [6.45, 7) is 0.653. The number of anilines is 1. The van der Waals surface area contributed by atoms with E-state index in [4.69, 9.17) is 0 Å². The minimum atomic E-state index is 0.653. The fraction of sp³-hybridized carbons (Fsp3) is 0.0556. The molecule has 0 aliphatic heterocycles. The predicted molar refractivity (Wildman–Crippen MR) is 98.2 cm³/mol. The Morgan fingerprint density at radius 3 is 2.58 bits per heavy atom. The van der Waals surface area contributed by atoms with Crippen LogP contribution >= 0.6 is 0 Å². The lowest BCUT2D eigenvalue weighted by atomic mass is 10.0. The molecule has 0 bridgehead atoms. The Labute approximate surface area is 140 Å². The number of nitrogens with zero attached hydrogens (tertiary/aromatic N) is 4. The van der Waals surface area contributed by atoms with Crippen LogP contribution in [0.25, 0.3) is 16.8 Å². The molecule has 24 heavy (non-hydrogen) atoms. The highest BCUT2D eigenvalue weighted by atomic mass is 15.0. The molecule has 116 valence electrons. The highest BCUT2D eigenvalue weighted by Gasteiger charge is 2.09. The summed E-state index contributed by atoms with van der Waals surface area (Å²) in [7, 11) is 2.06. The van der Waals surface area contributed by atoms with Crippen LogP contribution in [-0.2, 0) is 6.54 Å². The molecule has 0 atom stereocenters. The van der Waals surface area contributed by atoms with E-state index in [1.165, 1.54) is 11.9 Å². The number of nitrogens with one attached hydrogen (secondary N) is 1. The SMILES string of the molecule is Bc1cnc2c(NCc3cncnc3)cc(-c3ccccc3)cn12. The van der Waals surface area contributed by atoms with E-state index in [1.54, 1.807) is 0 Å². The van der Waals surface area contributed by atoms with Crippen molar-refractivity contribution in [3.8, 4) is 11.1 Å². The molecule has 5 nitrogen and oxygen atoms in total. The summed E-state index contributed by atoms with van der Waals surface area (Å²) in [5.74, 6) is 0. The smallest absolute Gasteiger partial charge is 0.163 e. The molecule has 4 aromatic rings. The molecule has 0 spiro atoms. The molecule has 0 unspecified atom stereocenters. The van der Waals surface area contributed by atoms with Crippen molar-refractivity contribution >= 4 is 24.8 Å². The summed E-state index contributed by atoms with van der Waals surface area (Å²) >= 11 is 0. The largest absolute Gasteiger partial charge is 0.378 e. The molecule has 0 fully saturated rings. The summed E-state index contributed by atoms with van der Waals surface area (Å²) < 4.78 is 2.12. The molecule has 0 saturated carbocycles. The fourth-order valence-electron chi connectivity index (χ4n) is 2.74. The average Bonchev–Trinajstić information content (AvgIpc) is 3.02. The van der Waals surface area contributed by atoms with Gasteiger partial charge >= 0.3 is 0 Å². The van der Waals surface area contributed by atoms with Crippen molar-refractivity contribution in [2.75, 3.05) is 5.32 Å². The van der Waals surface area contributed by atoms with E-state index < -0.39 is 0 Å². The maximum atomic E-state index is 4.53. The van der Waals surface area contributed by atoms with Gasteiger partial charge in [0.1, 0.15) is 6.33 Å². The second-order valence-corrected chi connectivity index (χ2v) is 5.70. The average molecular weight is 313 g/mol. The fourth-order valence-corrected chi connectivity index (χ4v) is 2.74. The second kappa shape index (κ2) is 6.16. The number of fused-ring (bicyclic) bond motifs is 1. The minimum absolute atomic E-state index is 0.653. The Balaban J connectivity index is 1.76. The van der Waals surface area contributed by atoms with Crippen molar-refractivity contribution in [3.05, 3.63) is 73.1 Å². The van der Waals surface area contributed by atoms with Gasteiger partial charge in [-0.3, -0.25) is 0 Å². The van der Waals surface area contributed by atoms with E-state index in [0.29, 0.717) is 6.54 Å². The zero-order chi connectivity index (χ0) is 16.4. The monoisotopic (exact) mass is 313 g/mol. The standard InChI is InChI=1S/C18H16BN5/c19-17-10-23-18-16(22-9-13-7-20-12-21-8-13)6-15(11-24(17)18)14-4-2-1-3-5-14/h1-8,10-12,22H,9,19H2. The molecular weight excluding hydrogens is 297 g/mol. The molecule has 1 aromatic carbocycles. The molecular formula is C18H16BN5. The van der Waals surface area contributed by atoms with Gasteiger partial charge < -0.3 is 9.72 Å². The predicted octanol–water partition coefficient (Wildman–Crippen LogP) is 1.66. The summed E-state index contributed by atoms with van der Waals surface area (Å²) in [6, 6.07) is 12.5. The van der Waals surface area contributed by atoms with Gasteiger partial charge in [-0.2, -0.15) is 0 Å². The maximum Gasteiger partial charge on any atom is 0.163 e. The molecule has 3 aromatic heterocycles. The Morgan fingerprint density at radius 2 is 1.79 bits per heavy atom. The van der Waals surface area contributed by atoms with Gasteiger partial charge in [-0.15, -0.1) is 0 Å². The number of hydrogen-bond donors (Lipinski definition) is 1. The normalized spacial score (nSPS) is 10.8. The Hall–Kier alpha value is -3.15. The van der Waals surface area contributed by atoms with E-state index in [9.17, 15) is 0 Å². The highest BCUT2D eigenvalue weighted by molar-refractivity contribution is 6.31. The van der Waals surface area contributed by atoms with Crippen molar-refractivity contribution < 1.29 is 0 Å². The summed E-state index contributed by atoms with van der Waals surface area (Å²) in [5, 5.41) is 3.46. The van der Waals surface area contributed by atoms with E-state index in [0.717, 1.165) is 28.1 Å². The lowest BCUT2D eigenvalue weighted by Crippen LogP contribution is -2.10. The van der Waals surface area contributed by atoms with Crippen LogP contribution < -0.4 is 10.9 Å². The Bertz CT molecular complexity index is 967. The van der Waals surface area contributed by atoms with Gasteiger partial charge in [-0.05, 0) is 17.2 Å². The number of hydrogen-bond acceptors (Lipinski definition) is 4. The number of imidazole rings is 1. The molecule has 0 aliphatic rings. The summed E-state index contributed by atoms with van der Waals surface area (Å²) in [6.07, 6.45) is 9.19. The number of rotatable bonds is 4. The lowest BCUT2D eigenvalue weighted by Gasteiger charge is -2.11. The topological polar surface area (TPSA) is 55.1 Å². The summed E-state index contributed by atoms with van der Waals surface area (Å²) in [4.78, 5) is 12.6. The molecule has 4 rings (SSSR count). The number of pyridine rings is 1. The number of aromatic nitrogens is 4. The Kier molecular flexibility index (Phi) is 3.71. The van der Waals surface area contributed by atoms with Gasteiger partial charge in [0.25, 0.3) is 0 Å². The third kappa shape index (κ3) is 2.74. The van der Waals surface area contributed by atoms with Crippen molar-refractivity contribution in [2.45, 2.75) is 6.54 Å². The van der Waals surface area contributed by atoms with Crippen molar-refractivity contribution in [1.29, 1.82) is 0 Å². The first kappa shape index (κ1) is 14.4. The lowest BCUT2D eigenvalue weighted by molar-refractivity contribution is 1.05. The van der Waals surface area contributed by atoms with Crippen LogP contribution in [-0.4, -0.2) is 27.2 Å². The van der Waals surface area contributed by atoms with Gasteiger partial charge in [-0.1, -0.05) is 30.3 Å². The molecule has 6 heteroatoms. The van der Waals surface area contributed by atoms with Crippen LogP contribution in [0.3, 0.4) is 0 Å². The van der Waals surface area contributed by atoms with Crippen molar-refractivity contribution in [3.63, 3.8) is 0 Å². The molecule has 0 aliphatic carbocycles. The van der Waals surface area contributed by atoms with Crippen LogP contribution in [0.4, 0.5) is 5.69 Å². The second-order valence-electron chi connectivity index (χ2n) is 5.70. The molecule has 0 radical (unpaired) electrons. The van der Waals surface area contributed by atoms with Crippen LogP contribution in [0.1, 0.15) is 5.56 Å². The molecule has 0 saturated heterocycles. The maximum absolute atomic E-state index is 4.53. The zero-order valence-electron chi connectivity index (χ0n) is 13.3. The Morgan fingerprint density at radius 1 is 1.00 bits per heavy atom. The minimum Gasteiger partial charge on any atom is -0.378 e. The zero-order valence-corrected chi connectivity index (χ0v) is 13.3.